The molecule has 2 heterocycles. The van der Waals surface area contributed by atoms with Crippen molar-refractivity contribution in [2.24, 2.45) is 7.05 Å². The van der Waals surface area contributed by atoms with E-state index < -0.39 is 6.10 Å². The second-order valence-electron chi connectivity index (χ2n) is 6.35. The van der Waals surface area contributed by atoms with Gasteiger partial charge < -0.3 is 10.1 Å². The van der Waals surface area contributed by atoms with Crippen LogP contribution >= 0.6 is 15.9 Å². The predicted octanol–water partition coefficient (Wildman–Crippen LogP) is 4.10. The Morgan fingerprint density at radius 3 is 2.69 bits per heavy atom. The first-order valence-corrected chi connectivity index (χ1v) is 9.17. The van der Waals surface area contributed by atoms with Crippen LogP contribution in [0, 0.1) is 6.92 Å². The second kappa shape index (κ2) is 6.61. The molecule has 0 bridgehead atoms. The summed E-state index contributed by atoms with van der Waals surface area (Å²) in [5, 5.41) is 7.49. The molecule has 132 valence electrons. The van der Waals surface area contributed by atoms with Crippen LogP contribution in [0.5, 0.6) is 5.75 Å². The van der Waals surface area contributed by atoms with Crippen molar-refractivity contribution in [2.45, 2.75) is 19.4 Å². The zero-order chi connectivity index (χ0) is 18.3. The van der Waals surface area contributed by atoms with Gasteiger partial charge in [-0.2, -0.15) is 5.10 Å². The number of nitrogens with zero attached hydrogens (tertiary/aromatic N) is 2. The highest BCUT2D eigenvalue weighted by atomic mass is 79.9. The Balaban J connectivity index is 1.61. The Morgan fingerprint density at radius 1 is 1.23 bits per heavy atom. The third kappa shape index (κ3) is 3.01. The molecule has 1 amide bonds. The Labute approximate surface area is 160 Å². The Bertz CT molecular complexity index is 954. The van der Waals surface area contributed by atoms with Crippen LogP contribution in [0.15, 0.2) is 53.0 Å². The molecule has 1 aromatic heterocycles. The number of rotatable bonds is 3. The van der Waals surface area contributed by atoms with Crippen LogP contribution in [-0.2, 0) is 18.3 Å². The number of fused-ring (bicyclic) bond motifs is 1. The monoisotopic (exact) mass is 411 g/mol. The van der Waals surface area contributed by atoms with Crippen LogP contribution in [0.2, 0.25) is 0 Å². The van der Waals surface area contributed by atoms with Gasteiger partial charge in [0.05, 0.1) is 5.69 Å². The number of halogens is 1. The molecule has 6 heteroatoms. The minimum absolute atomic E-state index is 0.164. The number of para-hydroxylation sites is 1. The van der Waals surface area contributed by atoms with Gasteiger partial charge in [0.25, 0.3) is 5.91 Å². The molecule has 0 aliphatic carbocycles. The van der Waals surface area contributed by atoms with Gasteiger partial charge in [-0.05, 0) is 36.2 Å². The van der Waals surface area contributed by atoms with Gasteiger partial charge in [0.2, 0.25) is 0 Å². The normalized spacial score (nSPS) is 15.4. The molecule has 3 aromatic rings. The van der Waals surface area contributed by atoms with Crippen molar-refractivity contribution >= 4 is 27.7 Å². The lowest BCUT2D eigenvalue weighted by Crippen LogP contribution is -2.32. The summed E-state index contributed by atoms with van der Waals surface area (Å²) in [7, 11) is 1.83. The summed E-state index contributed by atoms with van der Waals surface area (Å²) in [5.41, 5.74) is 3.84. The molecule has 26 heavy (non-hydrogen) atoms. The fourth-order valence-corrected chi connectivity index (χ4v) is 3.55. The highest BCUT2D eigenvalue weighted by Crippen LogP contribution is 2.33. The number of hydrogen-bond donors (Lipinski definition) is 1. The zero-order valence-electron chi connectivity index (χ0n) is 14.5. The molecule has 5 nitrogen and oxygen atoms in total. The number of benzene rings is 2. The van der Waals surface area contributed by atoms with Crippen LogP contribution in [0.25, 0.3) is 11.1 Å². The summed E-state index contributed by atoms with van der Waals surface area (Å²) < 4.78 is 8.51. The number of hydrogen-bond acceptors (Lipinski definition) is 3. The van der Waals surface area contributed by atoms with Crippen LogP contribution in [0.3, 0.4) is 0 Å². The molecule has 1 aliphatic rings. The average Bonchev–Trinajstić information content (AvgIpc) is 3.17. The van der Waals surface area contributed by atoms with Gasteiger partial charge >= 0.3 is 0 Å². The first kappa shape index (κ1) is 16.8. The number of aryl methyl sites for hydroxylation is 2. The van der Waals surface area contributed by atoms with E-state index in [1.54, 1.807) is 4.68 Å². The number of anilines is 1. The Hall–Kier alpha value is -2.60. The van der Waals surface area contributed by atoms with Gasteiger partial charge in [-0.15, -0.1) is 0 Å². The SMILES string of the molecule is Cc1nn(C)c(NC(=O)C2Cc3ccccc3O2)c1-c1ccc(Br)cc1. The van der Waals surface area contributed by atoms with Crippen LogP contribution < -0.4 is 10.1 Å². The molecule has 1 atom stereocenters. The lowest BCUT2D eigenvalue weighted by molar-refractivity contribution is -0.122. The Kier molecular flexibility index (Phi) is 4.28. The van der Waals surface area contributed by atoms with E-state index in [0.29, 0.717) is 12.2 Å². The second-order valence-corrected chi connectivity index (χ2v) is 7.26. The fraction of sp³-hybridized carbons (Fsp3) is 0.200. The molecular weight excluding hydrogens is 394 g/mol. The minimum Gasteiger partial charge on any atom is -0.480 e. The topological polar surface area (TPSA) is 56.2 Å². The van der Waals surface area contributed by atoms with Crippen LogP contribution in [-0.4, -0.2) is 21.8 Å². The van der Waals surface area contributed by atoms with E-state index >= 15 is 0 Å². The Morgan fingerprint density at radius 2 is 1.96 bits per heavy atom. The van der Waals surface area contributed by atoms with E-state index in [-0.39, 0.29) is 5.91 Å². The lowest BCUT2D eigenvalue weighted by atomic mass is 10.1. The molecule has 4 rings (SSSR count). The highest BCUT2D eigenvalue weighted by Gasteiger charge is 2.30. The number of carbonyl (C=O) groups is 1. The van der Waals surface area contributed by atoms with Crippen molar-refractivity contribution in [1.82, 2.24) is 9.78 Å². The van der Waals surface area contributed by atoms with Crippen molar-refractivity contribution in [2.75, 3.05) is 5.32 Å². The zero-order valence-corrected chi connectivity index (χ0v) is 16.1. The summed E-state index contributed by atoms with van der Waals surface area (Å²) in [4.78, 5) is 12.8. The third-order valence-electron chi connectivity index (χ3n) is 4.54. The van der Waals surface area contributed by atoms with Crippen LogP contribution in [0.1, 0.15) is 11.3 Å². The molecule has 0 saturated carbocycles. The first-order valence-electron chi connectivity index (χ1n) is 8.38. The third-order valence-corrected chi connectivity index (χ3v) is 5.06. The predicted molar refractivity (Wildman–Crippen MR) is 104 cm³/mol. The van der Waals surface area contributed by atoms with Gasteiger partial charge in [0.1, 0.15) is 11.6 Å². The van der Waals surface area contributed by atoms with E-state index in [2.05, 4.69) is 26.3 Å². The van der Waals surface area contributed by atoms with Gasteiger partial charge in [-0.25, -0.2) is 0 Å². The first-order chi connectivity index (χ1) is 12.5. The number of nitrogens with one attached hydrogen (secondary N) is 1. The molecule has 0 saturated heterocycles. The summed E-state index contributed by atoms with van der Waals surface area (Å²) in [6.45, 7) is 1.94. The number of ether oxygens (including phenoxy) is 1. The van der Waals surface area contributed by atoms with E-state index in [4.69, 9.17) is 4.74 Å². The number of amides is 1. The fourth-order valence-electron chi connectivity index (χ4n) is 3.29. The largest absolute Gasteiger partial charge is 0.480 e. The molecule has 1 unspecified atom stereocenters. The molecule has 0 fully saturated rings. The quantitative estimate of drug-likeness (QED) is 0.705. The van der Waals surface area contributed by atoms with Crippen molar-refractivity contribution in [1.29, 1.82) is 0 Å². The van der Waals surface area contributed by atoms with Gasteiger partial charge in [0.15, 0.2) is 6.10 Å². The van der Waals surface area contributed by atoms with Gasteiger partial charge in [0, 0.05) is 23.5 Å². The summed E-state index contributed by atoms with van der Waals surface area (Å²) in [6.07, 6.45) is 0.0484. The van der Waals surface area contributed by atoms with Crippen molar-refractivity contribution in [3.05, 3.63) is 64.3 Å². The molecule has 1 N–H and O–H groups in total. The molecule has 0 radical (unpaired) electrons. The maximum absolute atomic E-state index is 12.8. The molecule has 0 spiro atoms. The highest BCUT2D eigenvalue weighted by molar-refractivity contribution is 9.10. The summed E-state index contributed by atoms with van der Waals surface area (Å²) in [6, 6.07) is 15.7. The minimum atomic E-state index is -0.527. The maximum Gasteiger partial charge on any atom is 0.266 e. The van der Waals surface area contributed by atoms with Crippen LogP contribution in [0.4, 0.5) is 5.82 Å². The smallest absolute Gasteiger partial charge is 0.266 e. The molecular formula is C20H18BrN3O2. The van der Waals surface area contributed by atoms with E-state index in [1.807, 2.05) is 62.5 Å². The van der Waals surface area contributed by atoms with E-state index in [0.717, 1.165) is 32.6 Å². The number of carbonyl (C=O) groups excluding carboxylic acids is 1. The maximum atomic E-state index is 12.8. The van der Waals surface area contributed by atoms with E-state index in [9.17, 15) is 4.79 Å². The molecule has 1 aliphatic heterocycles. The van der Waals surface area contributed by atoms with Crippen molar-refractivity contribution in [3.8, 4) is 16.9 Å². The van der Waals surface area contributed by atoms with Crippen molar-refractivity contribution in [3.63, 3.8) is 0 Å². The molecule has 2 aromatic carbocycles. The standard InChI is InChI=1S/C20H18BrN3O2/c1-12-18(13-7-9-15(21)10-8-13)19(24(2)23-12)22-20(25)17-11-14-5-3-4-6-16(14)26-17/h3-10,17H,11H2,1-2H3,(H,22,25). The number of aromatic nitrogens is 2. The summed E-state index contributed by atoms with van der Waals surface area (Å²) >= 11 is 3.45. The lowest BCUT2D eigenvalue weighted by Gasteiger charge is -2.13. The van der Waals surface area contributed by atoms with Gasteiger partial charge in [-0.3, -0.25) is 9.48 Å². The average molecular weight is 412 g/mol. The van der Waals surface area contributed by atoms with Gasteiger partial charge in [-0.1, -0.05) is 46.3 Å². The van der Waals surface area contributed by atoms with E-state index in [1.165, 1.54) is 0 Å². The van der Waals surface area contributed by atoms with Crippen molar-refractivity contribution < 1.29 is 9.53 Å². The summed E-state index contributed by atoms with van der Waals surface area (Å²) in [5.74, 6) is 1.29.